The summed E-state index contributed by atoms with van der Waals surface area (Å²) in [5, 5.41) is 2.90. The van der Waals surface area contributed by atoms with Crippen molar-refractivity contribution < 1.29 is 4.79 Å². The molecule has 0 aliphatic heterocycles. The summed E-state index contributed by atoms with van der Waals surface area (Å²) in [5.74, 6) is -0.309. The number of pyridine rings is 2. The Morgan fingerprint density at radius 2 is 2.11 bits per heavy atom. The molecule has 0 aliphatic rings. The fourth-order valence-corrected chi connectivity index (χ4v) is 2.17. The molecule has 2 heterocycles. The highest BCUT2D eigenvalue weighted by Gasteiger charge is 2.12. The van der Waals surface area contributed by atoms with Crippen molar-refractivity contribution in [1.29, 1.82) is 0 Å². The molecule has 0 aliphatic carbocycles. The van der Waals surface area contributed by atoms with Gasteiger partial charge in [-0.15, -0.1) is 0 Å². The van der Waals surface area contributed by atoms with Gasteiger partial charge in [-0.2, -0.15) is 0 Å². The highest BCUT2D eigenvalue weighted by atomic mass is 79.9. The van der Waals surface area contributed by atoms with Crippen molar-refractivity contribution in [3.8, 4) is 0 Å². The number of carbonyl (C=O) groups is 1. The summed E-state index contributed by atoms with van der Waals surface area (Å²) in [5.41, 5.74) is 0.861. The van der Waals surface area contributed by atoms with E-state index in [1.54, 1.807) is 30.6 Å². The number of rotatable bonds is 2. The molecule has 2 rings (SSSR count). The molecule has 1 amide bonds. The van der Waals surface area contributed by atoms with Crippen LogP contribution in [0.3, 0.4) is 0 Å². The van der Waals surface area contributed by atoms with Gasteiger partial charge in [0.1, 0.15) is 4.60 Å². The van der Waals surface area contributed by atoms with E-state index >= 15 is 0 Å². The first-order valence-electron chi connectivity index (χ1n) is 4.81. The molecule has 0 atom stereocenters. The SMILES string of the molecule is O=C(Nc1cc(Br)cnc1Cl)c1cccnc1Br. The summed E-state index contributed by atoms with van der Waals surface area (Å²) in [6, 6.07) is 5.02. The lowest BCUT2D eigenvalue weighted by Gasteiger charge is -2.07. The van der Waals surface area contributed by atoms with Gasteiger partial charge in [0.15, 0.2) is 5.15 Å². The van der Waals surface area contributed by atoms with E-state index in [4.69, 9.17) is 11.6 Å². The van der Waals surface area contributed by atoms with Crippen molar-refractivity contribution >= 4 is 55.1 Å². The number of anilines is 1. The van der Waals surface area contributed by atoms with Gasteiger partial charge in [0, 0.05) is 16.9 Å². The van der Waals surface area contributed by atoms with Gasteiger partial charge in [-0.3, -0.25) is 4.79 Å². The van der Waals surface area contributed by atoms with Crippen molar-refractivity contribution in [3.05, 3.63) is 50.4 Å². The summed E-state index contributed by atoms with van der Waals surface area (Å²) in [7, 11) is 0. The molecule has 0 spiro atoms. The first-order chi connectivity index (χ1) is 8.58. The number of carbonyl (C=O) groups excluding carboxylic acids is 1. The molecule has 2 aromatic heterocycles. The Balaban J connectivity index is 2.27. The van der Waals surface area contributed by atoms with Crippen LogP contribution < -0.4 is 5.32 Å². The molecular weight excluding hydrogens is 385 g/mol. The van der Waals surface area contributed by atoms with Gasteiger partial charge in [0.2, 0.25) is 0 Å². The Morgan fingerprint density at radius 3 is 2.83 bits per heavy atom. The second-order valence-electron chi connectivity index (χ2n) is 3.29. The number of hydrogen-bond acceptors (Lipinski definition) is 3. The van der Waals surface area contributed by atoms with Gasteiger partial charge in [-0.05, 0) is 50.1 Å². The molecular formula is C11H6Br2ClN3O. The molecule has 0 saturated carbocycles. The standard InChI is InChI=1S/C11H6Br2ClN3O/c12-6-4-8(10(14)16-5-6)17-11(18)7-2-1-3-15-9(7)13/h1-5H,(H,17,18). The fraction of sp³-hybridized carbons (Fsp3) is 0. The van der Waals surface area contributed by atoms with Crippen LogP contribution in [0, 0.1) is 0 Å². The zero-order chi connectivity index (χ0) is 13.1. The van der Waals surface area contributed by atoms with Crippen molar-refractivity contribution in [1.82, 2.24) is 9.97 Å². The van der Waals surface area contributed by atoms with Crippen molar-refractivity contribution in [3.63, 3.8) is 0 Å². The molecule has 2 aromatic rings. The van der Waals surface area contributed by atoms with Crippen LogP contribution >= 0.6 is 43.5 Å². The van der Waals surface area contributed by atoms with Gasteiger partial charge >= 0.3 is 0 Å². The molecule has 0 aromatic carbocycles. The average Bonchev–Trinajstić information content (AvgIpc) is 2.34. The minimum absolute atomic E-state index is 0.228. The fourth-order valence-electron chi connectivity index (χ4n) is 1.26. The number of halogens is 3. The monoisotopic (exact) mass is 389 g/mol. The molecule has 0 saturated heterocycles. The summed E-state index contributed by atoms with van der Waals surface area (Å²) in [6.07, 6.45) is 3.15. The van der Waals surface area contributed by atoms with Gasteiger partial charge in [-0.1, -0.05) is 11.6 Å². The van der Waals surface area contributed by atoms with E-state index in [1.807, 2.05) is 0 Å². The van der Waals surface area contributed by atoms with E-state index in [2.05, 4.69) is 47.1 Å². The maximum absolute atomic E-state index is 12.0. The van der Waals surface area contributed by atoms with Gasteiger partial charge in [0.25, 0.3) is 5.91 Å². The minimum atomic E-state index is -0.309. The van der Waals surface area contributed by atoms with E-state index in [0.29, 0.717) is 15.9 Å². The van der Waals surface area contributed by atoms with E-state index in [9.17, 15) is 4.79 Å². The predicted molar refractivity (Wildman–Crippen MR) is 76.8 cm³/mol. The second-order valence-corrected chi connectivity index (χ2v) is 5.31. The minimum Gasteiger partial charge on any atom is -0.319 e. The number of nitrogens with one attached hydrogen (secondary N) is 1. The van der Waals surface area contributed by atoms with Crippen LogP contribution in [0.5, 0.6) is 0 Å². The third-order valence-corrected chi connectivity index (χ3v) is 3.42. The average molecular weight is 391 g/mol. The maximum atomic E-state index is 12.0. The lowest BCUT2D eigenvalue weighted by atomic mass is 10.2. The van der Waals surface area contributed by atoms with Crippen molar-refractivity contribution in [2.24, 2.45) is 0 Å². The van der Waals surface area contributed by atoms with Crippen LogP contribution in [0.25, 0.3) is 0 Å². The van der Waals surface area contributed by atoms with Crippen LogP contribution in [0.1, 0.15) is 10.4 Å². The Labute approximate surface area is 125 Å². The topological polar surface area (TPSA) is 54.9 Å². The molecule has 0 bridgehead atoms. The van der Waals surface area contributed by atoms with E-state index < -0.39 is 0 Å². The van der Waals surface area contributed by atoms with Gasteiger partial charge in [-0.25, -0.2) is 9.97 Å². The summed E-state index contributed by atoms with van der Waals surface area (Å²) >= 11 is 12.4. The highest BCUT2D eigenvalue weighted by Crippen LogP contribution is 2.24. The Bertz CT molecular complexity index is 607. The molecule has 4 nitrogen and oxygen atoms in total. The summed E-state index contributed by atoms with van der Waals surface area (Å²) in [6.45, 7) is 0. The smallest absolute Gasteiger partial charge is 0.258 e. The van der Waals surface area contributed by atoms with Gasteiger partial charge in [0.05, 0.1) is 11.3 Å². The summed E-state index contributed by atoms with van der Waals surface area (Å²) in [4.78, 5) is 19.9. The molecule has 7 heteroatoms. The Hall–Kier alpha value is -0.980. The van der Waals surface area contributed by atoms with Crippen LogP contribution in [0.2, 0.25) is 5.15 Å². The van der Waals surface area contributed by atoms with Crippen molar-refractivity contribution in [2.75, 3.05) is 5.32 Å². The quantitative estimate of drug-likeness (QED) is 0.790. The lowest BCUT2D eigenvalue weighted by Crippen LogP contribution is -2.13. The largest absolute Gasteiger partial charge is 0.319 e. The summed E-state index contributed by atoms with van der Waals surface area (Å²) < 4.78 is 1.20. The van der Waals surface area contributed by atoms with E-state index in [1.165, 1.54) is 0 Å². The van der Waals surface area contributed by atoms with Gasteiger partial charge < -0.3 is 5.32 Å². The predicted octanol–water partition coefficient (Wildman–Crippen LogP) is 3.91. The lowest BCUT2D eigenvalue weighted by molar-refractivity contribution is 0.102. The van der Waals surface area contributed by atoms with E-state index in [-0.39, 0.29) is 11.1 Å². The maximum Gasteiger partial charge on any atom is 0.258 e. The molecule has 0 fully saturated rings. The molecule has 1 N–H and O–H groups in total. The normalized spacial score (nSPS) is 10.2. The third-order valence-electron chi connectivity index (χ3n) is 2.06. The number of aromatic nitrogens is 2. The van der Waals surface area contributed by atoms with Crippen LogP contribution in [0.4, 0.5) is 5.69 Å². The van der Waals surface area contributed by atoms with Crippen LogP contribution in [0.15, 0.2) is 39.7 Å². The third kappa shape index (κ3) is 3.07. The molecule has 18 heavy (non-hydrogen) atoms. The highest BCUT2D eigenvalue weighted by molar-refractivity contribution is 9.10. The number of hydrogen-bond donors (Lipinski definition) is 1. The zero-order valence-electron chi connectivity index (χ0n) is 8.82. The zero-order valence-corrected chi connectivity index (χ0v) is 12.8. The molecule has 0 radical (unpaired) electrons. The Morgan fingerprint density at radius 1 is 1.33 bits per heavy atom. The Kier molecular flexibility index (Phi) is 4.31. The second kappa shape index (κ2) is 5.77. The first kappa shape index (κ1) is 13.5. The first-order valence-corrected chi connectivity index (χ1v) is 6.77. The van der Waals surface area contributed by atoms with E-state index in [0.717, 1.165) is 4.47 Å². The molecule has 0 unspecified atom stereocenters. The van der Waals surface area contributed by atoms with Crippen LogP contribution in [-0.4, -0.2) is 15.9 Å². The van der Waals surface area contributed by atoms with Crippen LogP contribution in [-0.2, 0) is 0 Å². The van der Waals surface area contributed by atoms with Crippen molar-refractivity contribution in [2.45, 2.75) is 0 Å². The number of nitrogens with zero attached hydrogens (tertiary/aromatic N) is 2. The number of amides is 1. The molecule has 92 valence electrons.